The van der Waals surface area contributed by atoms with Crippen molar-refractivity contribution in [2.24, 2.45) is 0 Å². The Kier molecular flexibility index (Phi) is 4.09. The van der Waals surface area contributed by atoms with Gasteiger partial charge in [-0.15, -0.1) is 0 Å². The van der Waals surface area contributed by atoms with Crippen molar-refractivity contribution in [1.29, 1.82) is 0 Å². The van der Waals surface area contributed by atoms with E-state index >= 15 is 0 Å². The number of rotatable bonds is 3. The summed E-state index contributed by atoms with van der Waals surface area (Å²) in [5.41, 5.74) is 0.635. The molecule has 8 nitrogen and oxygen atoms in total. The lowest BCUT2D eigenvalue weighted by Gasteiger charge is -2.35. The molecule has 0 spiro atoms. The number of pyridine rings is 2. The van der Waals surface area contributed by atoms with Gasteiger partial charge in [0.15, 0.2) is 5.82 Å². The van der Waals surface area contributed by atoms with Gasteiger partial charge in [0.2, 0.25) is 0 Å². The first-order valence-electron chi connectivity index (χ1n) is 9.48. The second kappa shape index (κ2) is 6.57. The minimum Gasteiger partial charge on any atom is -0.366 e. The zero-order valence-corrected chi connectivity index (χ0v) is 15.6. The van der Waals surface area contributed by atoms with Gasteiger partial charge in [-0.1, -0.05) is 0 Å². The Morgan fingerprint density at radius 1 is 1.20 bits per heavy atom. The monoisotopic (exact) mass is 418 g/mol. The van der Waals surface area contributed by atoms with Crippen molar-refractivity contribution in [2.45, 2.75) is 30.8 Å². The molecule has 2 fully saturated rings. The number of halogens is 3. The highest BCUT2D eigenvalue weighted by molar-refractivity contribution is 6.05. The van der Waals surface area contributed by atoms with Gasteiger partial charge >= 0.3 is 6.03 Å². The van der Waals surface area contributed by atoms with E-state index in [9.17, 15) is 22.8 Å². The third kappa shape index (κ3) is 3.19. The molecule has 2 bridgehead atoms. The molecule has 2 aromatic heterocycles. The normalized spacial score (nSPS) is 23.0. The highest BCUT2D eigenvalue weighted by Crippen LogP contribution is 2.42. The number of amides is 3. The zero-order valence-electron chi connectivity index (χ0n) is 15.6. The molecule has 1 saturated carbocycles. The van der Waals surface area contributed by atoms with Crippen LogP contribution in [0.25, 0.3) is 0 Å². The van der Waals surface area contributed by atoms with Crippen LogP contribution < -0.4 is 20.4 Å². The van der Waals surface area contributed by atoms with E-state index in [0.717, 1.165) is 12.7 Å². The largest absolute Gasteiger partial charge is 0.366 e. The summed E-state index contributed by atoms with van der Waals surface area (Å²) in [7, 11) is 0. The smallest absolute Gasteiger partial charge is 0.329 e. The summed E-state index contributed by atoms with van der Waals surface area (Å²) in [5, 5.41) is 4.88. The van der Waals surface area contributed by atoms with Gasteiger partial charge in [0, 0.05) is 19.5 Å². The highest BCUT2D eigenvalue weighted by atomic mass is 19.3. The first-order chi connectivity index (χ1) is 14.3. The molecule has 1 unspecified atom stereocenters. The summed E-state index contributed by atoms with van der Waals surface area (Å²) in [4.78, 5) is 37.0. The molecule has 11 heteroatoms. The van der Waals surface area contributed by atoms with Crippen LogP contribution in [0.1, 0.15) is 23.3 Å². The van der Waals surface area contributed by atoms with Crippen LogP contribution in [0.2, 0.25) is 0 Å². The summed E-state index contributed by atoms with van der Waals surface area (Å²) in [5.74, 6) is -3.68. The molecule has 3 amide bonds. The minimum absolute atomic E-state index is 0.0448. The summed E-state index contributed by atoms with van der Waals surface area (Å²) >= 11 is 0. The van der Waals surface area contributed by atoms with E-state index in [1.54, 1.807) is 6.07 Å². The van der Waals surface area contributed by atoms with Crippen LogP contribution in [0.15, 0.2) is 30.5 Å². The zero-order chi connectivity index (χ0) is 21.0. The number of hydrogen-bond donors (Lipinski definition) is 2. The fraction of sp³-hybridized carbons (Fsp3) is 0.368. The maximum atomic E-state index is 13.1. The van der Waals surface area contributed by atoms with E-state index in [1.807, 2.05) is 0 Å². The predicted molar refractivity (Wildman–Crippen MR) is 101 cm³/mol. The molecule has 5 rings (SSSR count). The maximum absolute atomic E-state index is 13.1. The van der Waals surface area contributed by atoms with Crippen LogP contribution in [0.5, 0.6) is 0 Å². The van der Waals surface area contributed by atoms with E-state index in [4.69, 9.17) is 0 Å². The average molecular weight is 418 g/mol. The molecule has 1 saturated heterocycles. The molecule has 3 aliphatic rings. The first-order valence-corrected chi connectivity index (χ1v) is 9.48. The number of aromatic nitrogens is 2. The topological polar surface area (TPSA) is 90.5 Å². The van der Waals surface area contributed by atoms with E-state index < -0.39 is 36.1 Å². The number of fused-ring (bicyclic) bond motifs is 4. The van der Waals surface area contributed by atoms with Crippen LogP contribution in [0, 0.1) is 5.82 Å². The molecule has 30 heavy (non-hydrogen) atoms. The highest BCUT2D eigenvalue weighted by Gasteiger charge is 2.58. The van der Waals surface area contributed by atoms with Crippen molar-refractivity contribution in [3.63, 3.8) is 0 Å². The third-order valence-corrected chi connectivity index (χ3v) is 5.50. The summed E-state index contributed by atoms with van der Waals surface area (Å²) in [6.45, 7) is 1.33. The minimum atomic E-state index is -2.89. The lowest BCUT2D eigenvalue weighted by atomic mass is 10.1. The molecule has 2 aliphatic heterocycles. The van der Waals surface area contributed by atoms with E-state index in [1.165, 1.54) is 23.1 Å². The number of carbonyl (C=O) groups excluding carboxylic acids is 2. The van der Waals surface area contributed by atoms with Crippen LogP contribution in [0.4, 0.5) is 35.3 Å². The fourth-order valence-electron chi connectivity index (χ4n) is 3.82. The number of carbonyl (C=O) groups is 2. The van der Waals surface area contributed by atoms with Crippen molar-refractivity contribution >= 4 is 29.3 Å². The van der Waals surface area contributed by atoms with Gasteiger partial charge in [-0.05, 0) is 30.7 Å². The Morgan fingerprint density at radius 3 is 2.70 bits per heavy atom. The Labute approximate surface area is 169 Å². The Morgan fingerprint density at radius 2 is 2.00 bits per heavy atom. The van der Waals surface area contributed by atoms with E-state index in [2.05, 4.69) is 25.5 Å². The molecule has 0 radical (unpaired) electrons. The number of anilines is 3. The molecular formula is C19H17F3N6O2. The van der Waals surface area contributed by atoms with E-state index in [-0.39, 0.29) is 23.4 Å². The lowest BCUT2D eigenvalue weighted by molar-refractivity contribution is 0.0845. The van der Waals surface area contributed by atoms with Gasteiger partial charge in [-0.3, -0.25) is 15.0 Å². The predicted octanol–water partition coefficient (Wildman–Crippen LogP) is 2.38. The van der Waals surface area contributed by atoms with Gasteiger partial charge in [0.05, 0.1) is 24.0 Å². The number of hydrogen-bond acceptors (Lipinski definition) is 5. The van der Waals surface area contributed by atoms with Gasteiger partial charge < -0.3 is 10.2 Å². The molecule has 2 atom stereocenters. The molecule has 2 aromatic rings. The maximum Gasteiger partial charge on any atom is 0.329 e. The van der Waals surface area contributed by atoms with Crippen LogP contribution in [-0.4, -0.2) is 53.0 Å². The summed E-state index contributed by atoms with van der Waals surface area (Å²) in [6.07, 6.45) is 1.31. The summed E-state index contributed by atoms with van der Waals surface area (Å²) < 4.78 is 39.3. The third-order valence-electron chi connectivity index (χ3n) is 5.50. The van der Waals surface area contributed by atoms with Crippen LogP contribution >= 0.6 is 0 Å². The van der Waals surface area contributed by atoms with Gasteiger partial charge in [-0.25, -0.2) is 27.9 Å². The van der Waals surface area contributed by atoms with Crippen LogP contribution in [0.3, 0.4) is 0 Å². The number of alkyl halides is 2. The van der Waals surface area contributed by atoms with E-state index in [0.29, 0.717) is 18.7 Å². The second-order valence-corrected chi connectivity index (χ2v) is 7.58. The van der Waals surface area contributed by atoms with Gasteiger partial charge in [0.25, 0.3) is 11.8 Å². The van der Waals surface area contributed by atoms with Crippen LogP contribution in [-0.2, 0) is 0 Å². The van der Waals surface area contributed by atoms with Crippen molar-refractivity contribution in [3.8, 4) is 0 Å². The second-order valence-electron chi connectivity index (χ2n) is 7.58. The van der Waals surface area contributed by atoms with Crippen molar-refractivity contribution in [2.75, 3.05) is 28.2 Å². The van der Waals surface area contributed by atoms with Gasteiger partial charge in [-0.2, -0.15) is 0 Å². The standard InChI is InChI=1S/C19H17F3N6O2/c20-10-1-4-15(23-8-10)26-18(30)28-11-5-6-27(9-11)13-3-2-12(24-16(13)28)17(29)25-14-7-19(14,21)22/h1-4,8,11,14H,5-7,9H2,(H,25,29)(H,23,26,30)/t11-,14?/m0/s1. The molecular weight excluding hydrogens is 401 g/mol. The molecule has 0 aromatic carbocycles. The number of urea groups is 1. The SMILES string of the molecule is O=C(NC1CC1(F)F)c1ccc2c(n1)N(C(=O)Nc1ccc(F)cn1)[C@H]1CCN2C1. The van der Waals surface area contributed by atoms with Gasteiger partial charge in [0.1, 0.15) is 17.3 Å². The molecule has 2 N–H and O–H groups in total. The van der Waals surface area contributed by atoms with Crippen molar-refractivity contribution < 1.29 is 22.8 Å². The Hall–Kier alpha value is -3.37. The first kappa shape index (κ1) is 18.6. The number of nitrogens with one attached hydrogen (secondary N) is 2. The average Bonchev–Trinajstić information content (AvgIpc) is 3.11. The Balaban J connectivity index is 1.42. The lowest BCUT2D eigenvalue weighted by Crippen LogP contribution is -2.48. The quantitative estimate of drug-likeness (QED) is 0.799. The van der Waals surface area contributed by atoms with Crippen molar-refractivity contribution in [1.82, 2.24) is 15.3 Å². The number of nitrogens with zero attached hydrogens (tertiary/aromatic N) is 4. The molecule has 4 heterocycles. The molecule has 156 valence electrons. The summed E-state index contributed by atoms with van der Waals surface area (Å²) in [6, 6.07) is 3.78. The fourth-order valence-corrected chi connectivity index (χ4v) is 3.82. The molecule has 1 aliphatic carbocycles. The Bertz CT molecular complexity index is 1030. The van der Waals surface area contributed by atoms with Crippen molar-refractivity contribution in [3.05, 3.63) is 42.0 Å².